The Kier molecular flexibility index (Phi) is 4.74. The van der Waals surface area contributed by atoms with Crippen molar-refractivity contribution in [3.63, 3.8) is 0 Å². The van der Waals surface area contributed by atoms with Gasteiger partial charge in [-0.15, -0.1) is 0 Å². The van der Waals surface area contributed by atoms with Gasteiger partial charge < -0.3 is 10.2 Å². The summed E-state index contributed by atoms with van der Waals surface area (Å²) in [6.45, 7) is 1.83. The zero-order chi connectivity index (χ0) is 16.1. The van der Waals surface area contributed by atoms with E-state index < -0.39 is 0 Å². The molecule has 0 spiro atoms. The minimum atomic E-state index is -0.345. The van der Waals surface area contributed by atoms with Crippen LogP contribution in [0.2, 0.25) is 0 Å². The predicted molar refractivity (Wildman–Crippen MR) is 85.5 cm³/mol. The Morgan fingerprint density at radius 3 is 2.55 bits per heavy atom. The monoisotopic (exact) mass is 295 g/mol. The van der Waals surface area contributed by atoms with Crippen LogP contribution in [0.4, 0.5) is 11.4 Å². The van der Waals surface area contributed by atoms with E-state index in [2.05, 4.69) is 11.4 Å². The number of amides is 1. The summed E-state index contributed by atoms with van der Waals surface area (Å²) in [5.74, 6) is -0.127. The van der Waals surface area contributed by atoms with E-state index in [1.54, 1.807) is 24.3 Å². The first kappa shape index (κ1) is 15.5. The molecule has 2 aromatic rings. The fourth-order valence-corrected chi connectivity index (χ4v) is 2.04. The van der Waals surface area contributed by atoms with Gasteiger partial charge in [0.05, 0.1) is 11.6 Å². The van der Waals surface area contributed by atoms with Crippen LogP contribution in [0.5, 0.6) is 0 Å². The molecule has 0 bridgehead atoms. The van der Waals surface area contributed by atoms with Crippen molar-refractivity contribution in [2.24, 2.45) is 0 Å². The summed E-state index contributed by atoms with van der Waals surface area (Å²) >= 11 is 0. The van der Waals surface area contributed by atoms with E-state index in [1.807, 2.05) is 55.0 Å². The van der Waals surface area contributed by atoms with Crippen LogP contribution in [0, 0.1) is 11.3 Å². The molecule has 0 unspecified atom stereocenters. The van der Waals surface area contributed by atoms with Crippen molar-refractivity contribution in [2.75, 3.05) is 24.3 Å². The van der Waals surface area contributed by atoms with Gasteiger partial charge >= 0.3 is 0 Å². The molecular formula is C17H19N4O+. The first-order valence-electron chi connectivity index (χ1n) is 7.00. The van der Waals surface area contributed by atoms with Crippen LogP contribution in [-0.2, 0) is 4.79 Å². The molecule has 2 rings (SSSR count). The molecule has 1 aromatic carbocycles. The molecule has 0 aliphatic rings. The second-order valence-corrected chi connectivity index (χ2v) is 5.26. The van der Waals surface area contributed by atoms with E-state index in [-0.39, 0.29) is 11.9 Å². The highest BCUT2D eigenvalue weighted by Gasteiger charge is 2.22. The van der Waals surface area contributed by atoms with Crippen LogP contribution in [0.1, 0.15) is 18.5 Å². The fourth-order valence-electron chi connectivity index (χ4n) is 2.04. The topological polar surface area (TPSA) is 60.0 Å². The first-order valence-corrected chi connectivity index (χ1v) is 7.00. The van der Waals surface area contributed by atoms with E-state index in [1.165, 1.54) is 0 Å². The maximum absolute atomic E-state index is 12.3. The SMILES string of the molecule is C[C@@H](C(=O)Nc1cccc(C#N)c1)[n+]1ccc(N(C)C)cc1. The third-order valence-corrected chi connectivity index (χ3v) is 3.44. The Bertz CT molecular complexity index is 701. The number of carbonyl (C=O) groups is 1. The molecule has 1 aromatic heterocycles. The molecule has 0 radical (unpaired) electrons. The van der Waals surface area contributed by atoms with Crippen molar-refractivity contribution in [1.29, 1.82) is 5.26 Å². The van der Waals surface area contributed by atoms with Crippen LogP contribution in [0.3, 0.4) is 0 Å². The molecule has 0 aliphatic carbocycles. The Labute approximate surface area is 130 Å². The van der Waals surface area contributed by atoms with E-state index in [0.29, 0.717) is 11.3 Å². The van der Waals surface area contributed by atoms with Gasteiger partial charge in [-0.1, -0.05) is 6.07 Å². The molecule has 1 atom stereocenters. The number of carbonyl (C=O) groups excluding carboxylic acids is 1. The summed E-state index contributed by atoms with van der Waals surface area (Å²) in [4.78, 5) is 14.3. The summed E-state index contributed by atoms with van der Waals surface area (Å²) < 4.78 is 1.84. The molecule has 1 amide bonds. The molecule has 22 heavy (non-hydrogen) atoms. The van der Waals surface area contributed by atoms with Crippen LogP contribution < -0.4 is 14.8 Å². The van der Waals surface area contributed by atoms with E-state index >= 15 is 0 Å². The maximum atomic E-state index is 12.3. The number of nitriles is 1. The van der Waals surface area contributed by atoms with E-state index in [0.717, 1.165) is 5.69 Å². The average Bonchev–Trinajstić information content (AvgIpc) is 2.54. The lowest BCUT2D eigenvalue weighted by Gasteiger charge is -2.12. The fraction of sp³-hybridized carbons (Fsp3) is 0.235. The minimum absolute atomic E-state index is 0.127. The van der Waals surface area contributed by atoms with Gasteiger partial charge in [-0.05, 0) is 18.2 Å². The maximum Gasteiger partial charge on any atom is 0.293 e. The van der Waals surface area contributed by atoms with Crippen molar-refractivity contribution >= 4 is 17.3 Å². The normalized spacial score (nSPS) is 11.4. The third kappa shape index (κ3) is 3.61. The third-order valence-electron chi connectivity index (χ3n) is 3.44. The Balaban J connectivity index is 2.10. The van der Waals surface area contributed by atoms with E-state index in [9.17, 15) is 4.79 Å². The van der Waals surface area contributed by atoms with Gasteiger partial charge in [0.1, 0.15) is 0 Å². The molecular weight excluding hydrogens is 276 g/mol. The lowest BCUT2D eigenvalue weighted by molar-refractivity contribution is -0.705. The summed E-state index contributed by atoms with van der Waals surface area (Å²) in [6.07, 6.45) is 3.76. The second kappa shape index (κ2) is 6.72. The quantitative estimate of drug-likeness (QED) is 0.879. The second-order valence-electron chi connectivity index (χ2n) is 5.26. The molecule has 112 valence electrons. The van der Waals surface area contributed by atoms with Crippen molar-refractivity contribution in [1.82, 2.24) is 0 Å². The summed E-state index contributed by atoms with van der Waals surface area (Å²) in [5, 5.41) is 11.7. The Hall–Kier alpha value is -2.87. The van der Waals surface area contributed by atoms with Crippen LogP contribution in [0.25, 0.3) is 0 Å². The standard InChI is InChI=1S/C17H18N4O/c1-13(21-9-7-16(8-10-21)20(2)3)17(22)19-15-6-4-5-14(11-15)12-18/h4-11,13H,1-3H3/p+1/t13-/m0/s1. The number of hydrogen-bond acceptors (Lipinski definition) is 3. The number of aromatic nitrogens is 1. The van der Waals surface area contributed by atoms with Gasteiger partial charge in [0.2, 0.25) is 6.04 Å². The summed E-state index contributed by atoms with van der Waals surface area (Å²) in [6, 6.07) is 12.5. The molecule has 0 aliphatic heterocycles. The molecule has 1 N–H and O–H groups in total. The van der Waals surface area contributed by atoms with Crippen molar-refractivity contribution in [3.8, 4) is 6.07 Å². The number of anilines is 2. The number of rotatable bonds is 4. The smallest absolute Gasteiger partial charge is 0.293 e. The first-order chi connectivity index (χ1) is 10.5. The lowest BCUT2D eigenvalue weighted by atomic mass is 10.2. The zero-order valence-corrected chi connectivity index (χ0v) is 12.9. The van der Waals surface area contributed by atoms with Gasteiger partial charge in [-0.3, -0.25) is 4.79 Å². The number of benzene rings is 1. The average molecular weight is 295 g/mol. The minimum Gasteiger partial charge on any atom is -0.377 e. The van der Waals surface area contributed by atoms with Gasteiger partial charge in [0.15, 0.2) is 12.4 Å². The number of hydrogen-bond donors (Lipinski definition) is 1. The largest absolute Gasteiger partial charge is 0.377 e. The summed E-state index contributed by atoms with van der Waals surface area (Å²) in [7, 11) is 3.94. The molecule has 5 heteroatoms. The predicted octanol–water partition coefficient (Wildman–Crippen LogP) is 2.11. The zero-order valence-electron chi connectivity index (χ0n) is 12.9. The molecule has 0 saturated carbocycles. The van der Waals surface area contributed by atoms with Crippen LogP contribution in [0.15, 0.2) is 48.8 Å². The molecule has 1 heterocycles. The number of nitrogens with zero attached hydrogens (tertiary/aromatic N) is 3. The molecule has 0 saturated heterocycles. The van der Waals surface area contributed by atoms with Crippen molar-refractivity contribution in [3.05, 3.63) is 54.4 Å². The highest BCUT2D eigenvalue weighted by atomic mass is 16.2. The number of pyridine rings is 1. The van der Waals surface area contributed by atoms with Crippen molar-refractivity contribution in [2.45, 2.75) is 13.0 Å². The van der Waals surface area contributed by atoms with Gasteiger partial charge in [0, 0.05) is 44.5 Å². The van der Waals surface area contributed by atoms with Gasteiger partial charge in [-0.25, -0.2) is 0 Å². The van der Waals surface area contributed by atoms with Gasteiger partial charge in [0.25, 0.3) is 5.91 Å². The highest BCUT2D eigenvalue weighted by Crippen LogP contribution is 2.12. The number of nitrogens with one attached hydrogen (secondary N) is 1. The highest BCUT2D eigenvalue weighted by molar-refractivity contribution is 5.92. The summed E-state index contributed by atoms with van der Waals surface area (Å²) in [5.41, 5.74) is 2.22. The lowest BCUT2D eigenvalue weighted by Crippen LogP contribution is -2.44. The van der Waals surface area contributed by atoms with Crippen LogP contribution >= 0.6 is 0 Å². The molecule has 5 nitrogen and oxygen atoms in total. The molecule has 0 fully saturated rings. The Morgan fingerprint density at radius 2 is 1.95 bits per heavy atom. The Morgan fingerprint density at radius 1 is 1.27 bits per heavy atom. The van der Waals surface area contributed by atoms with Crippen LogP contribution in [-0.4, -0.2) is 20.0 Å². The van der Waals surface area contributed by atoms with Gasteiger partial charge in [-0.2, -0.15) is 9.83 Å². The van der Waals surface area contributed by atoms with Crippen molar-refractivity contribution < 1.29 is 9.36 Å². The van der Waals surface area contributed by atoms with E-state index in [4.69, 9.17) is 5.26 Å².